The molecule has 0 bridgehead atoms. The summed E-state index contributed by atoms with van der Waals surface area (Å²) in [6.07, 6.45) is 20.1. The molecule has 30 heavy (non-hydrogen) atoms. The summed E-state index contributed by atoms with van der Waals surface area (Å²) in [5.74, 6) is 1.33. The van der Waals surface area contributed by atoms with Gasteiger partial charge in [0.15, 0.2) is 0 Å². The normalized spacial score (nSPS) is 27.2. The number of aliphatic hydroxyl groups is 2. The summed E-state index contributed by atoms with van der Waals surface area (Å²) >= 11 is 0. The highest BCUT2D eigenvalue weighted by Crippen LogP contribution is 2.48. The third-order valence-corrected chi connectivity index (χ3v) is 7.16. The van der Waals surface area contributed by atoms with Crippen molar-refractivity contribution in [3.8, 4) is 0 Å². The van der Waals surface area contributed by atoms with Crippen molar-refractivity contribution in [1.82, 2.24) is 4.90 Å². The van der Waals surface area contributed by atoms with Crippen molar-refractivity contribution >= 4 is 0 Å². The lowest BCUT2D eigenvalue weighted by atomic mass is 9.88. The van der Waals surface area contributed by atoms with Crippen LogP contribution in [-0.2, 0) is 0 Å². The molecule has 0 radical (unpaired) electrons. The molecular formula is C27H49NO2. The van der Waals surface area contributed by atoms with Gasteiger partial charge in [0.25, 0.3) is 0 Å². The predicted octanol–water partition coefficient (Wildman–Crippen LogP) is 6.11. The predicted molar refractivity (Wildman–Crippen MR) is 129 cm³/mol. The first kappa shape index (κ1) is 25.6. The molecule has 1 fully saturated rings. The maximum atomic E-state index is 10.5. The van der Waals surface area contributed by atoms with E-state index in [2.05, 4.69) is 37.8 Å². The van der Waals surface area contributed by atoms with E-state index in [9.17, 15) is 10.2 Å². The van der Waals surface area contributed by atoms with Gasteiger partial charge < -0.3 is 15.1 Å². The molecule has 5 atom stereocenters. The number of unbranched alkanes of at least 4 members (excludes halogenated alkanes) is 4. The smallest absolute Gasteiger partial charge is 0.0721 e. The Morgan fingerprint density at radius 1 is 1.00 bits per heavy atom. The fraction of sp³-hybridized carbons (Fsp3) is 0.852. The van der Waals surface area contributed by atoms with Crippen LogP contribution in [-0.4, -0.2) is 47.0 Å². The molecule has 2 aliphatic rings. The fourth-order valence-electron chi connectivity index (χ4n) is 5.58. The lowest BCUT2D eigenvalue weighted by molar-refractivity contribution is 0.139. The molecule has 0 spiro atoms. The number of hydrogen-bond acceptors (Lipinski definition) is 3. The Morgan fingerprint density at radius 3 is 2.47 bits per heavy atom. The molecule has 2 rings (SSSR count). The average Bonchev–Trinajstić information content (AvgIpc) is 3.23. The third kappa shape index (κ3) is 8.48. The van der Waals surface area contributed by atoms with Gasteiger partial charge in [-0.3, -0.25) is 0 Å². The van der Waals surface area contributed by atoms with E-state index in [-0.39, 0.29) is 18.1 Å². The van der Waals surface area contributed by atoms with E-state index in [0.29, 0.717) is 11.8 Å². The Balaban J connectivity index is 1.69. The van der Waals surface area contributed by atoms with E-state index < -0.39 is 0 Å². The Hall–Kier alpha value is -0.640. The quantitative estimate of drug-likeness (QED) is 0.234. The van der Waals surface area contributed by atoms with Gasteiger partial charge in [-0.25, -0.2) is 0 Å². The van der Waals surface area contributed by atoms with Crippen LogP contribution < -0.4 is 0 Å². The van der Waals surface area contributed by atoms with Crippen molar-refractivity contribution in [3.63, 3.8) is 0 Å². The zero-order chi connectivity index (χ0) is 21.8. The van der Waals surface area contributed by atoms with Crippen LogP contribution in [0.3, 0.4) is 0 Å². The van der Waals surface area contributed by atoms with Crippen LogP contribution in [0.25, 0.3) is 0 Å². The molecule has 2 aliphatic carbocycles. The molecule has 2 N–H and O–H groups in total. The molecule has 0 saturated heterocycles. The van der Waals surface area contributed by atoms with Crippen LogP contribution in [0.2, 0.25) is 0 Å². The van der Waals surface area contributed by atoms with Gasteiger partial charge in [0.2, 0.25) is 0 Å². The Kier molecular flexibility index (Phi) is 12.3. The molecule has 3 heteroatoms. The second-order valence-electron chi connectivity index (χ2n) is 9.84. The molecule has 0 aromatic carbocycles. The standard InChI is InChI=1S/C27H49NO2/c1-4-7-9-13-24(29)14-15-25-26-20-22(19-23(26)21-27(25)30)12-10-8-11-18-28(16-5-2)17-6-3/h14-15,19,23-27,29-30H,4-13,16-18,20-21H2,1-3H3/t23-,24-,25+,26-,27+/m0/s1. The third-order valence-electron chi connectivity index (χ3n) is 7.16. The summed E-state index contributed by atoms with van der Waals surface area (Å²) < 4.78 is 0. The van der Waals surface area contributed by atoms with Gasteiger partial charge in [0, 0.05) is 5.92 Å². The minimum atomic E-state index is -0.350. The number of aliphatic hydroxyl groups excluding tert-OH is 2. The summed E-state index contributed by atoms with van der Waals surface area (Å²) in [6, 6.07) is 0. The molecule has 1 saturated carbocycles. The zero-order valence-corrected chi connectivity index (χ0v) is 20.1. The molecule has 174 valence electrons. The Labute approximate surface area is 186 Å². The molecular weight excluding hydrogens is 370 g/mol. The Morgan fingerprint density at radius 2 is 1.77 bits per heavy atom. The van der Waals surface area contributed by atoms with Crippen molar-refractivity contribution in [1.29, 1.82) is 0 Å². The molecule has 0 aromatic rings. The van der Waals surface area contributed by atoms with Crippen LogP contribution in [0, 0.1) is 17.8 Å². The van der Waals surface area contributed by atoms with E-state index in [1.54, 1.807) is 5.57 Å². The van der Waals surface area contributed by atoms with Crippen molar-refractivity contribution in [2.75, 3.05) is 19.6 Å². The van der Waals surface area contributed by atoms with Crippen LogP contribution in [0.4, 0.5) is 0 Å². The number of rotatable bonds is 16. The first-order valence-corrected chi connectivity index (χ1v) is 13.0. The SMILES string of the molecule is CCCCC[C@H](O)C=C[C@@H]1[C@H]2CC(CCCCCN(CCC)CCC)=C[C@H]2C[C@H]1O. The van der Waals surface area contributed by atoms with Crippen LogP contribution in [0.5, 0.6) is 0 Å². The first-order valence-electron chi connectivity index (χ1n) is 13.0. The lowest BCUT2D eigenvalue weighted by Gasteiger charge is -2.20. The van der Waals surface area contributed by atoms with Gasteiger partial charge in [-0.2, -0.15) is 0 Å². The average molecular weight is 420 g/mol. The van der Waals surface area contributed by atoms with Gasteiger partial charge in [-0.05, 0) is 82.8 Å². The maximum Gasteiger partial charge on any atom is 0.0721 e. The van der Waals surface area contributed by atoms with E-state index in [4.69, 9.17) is 0 Å². The number of hydrogen-bond donors (Lipinski definition) is 2. The second-order valence-corrected chi connectivity index (χ2v) is 9.84. The summed E-state index contributed by atoms with van der Waals surface area (Å²) in [7, 11) is 0. The van der Waals surface area contributed by atoms with Crippen molar-refractivity contribution < 1.29 is 10.2 Å². The van der Waals surface area contributed by atoms with Gasteiger partial charge in [-0.1, -0.05) is 70.3 Å². The number of allylic oxidation sites excluding steroid dienone is 2. The minimum absolute atomic E-state index is 0.223. The topological polar surface area (TPSA) is 43.7 Å². The highest BCUT2D eigenvalue weighted by molar-refractivity contribution is 5.21. The summed E-state index contributed by atoms with van der Waals surface area (Å²) in [6.45, 7) is 10.5. The Bertz CT molecular complexity index is 509. The monoisotopic (exact) mass is 419 g/mol. The number of fused-ring (bicyclic) bond motifs is 1. The van der Waals surface area contributed by atoms with Crippen molar-refractivity contribution in [2.24, 2.45) is 17.8 Å². The summed E-state index contributed by atoms with van der Waals surface area (Å²) in [5, 5.41) is 20.7. The zero-order valence-electron chi connectivity index (χ0n) is 20.1. The number of nitrogens with zero attached hydrogens (tertiary/aromatic N) is 1. The van der Waals surface area contributed by atoms with Crippen LogP contribution >= 0.6 is 0 Å². The second kappa shape index (κ2) is 14.4. The fourth-order valence-corrected chi connectivity index (χ4v) is 5.58. The first-order chi connectivity index (χ1) is 14.6. The van der Waals surface area contributed by atoms with Gasteiger partial charge in [0.05, 0.1) is 12.2 Å². The van der Waals surface area contributed by atoms with Gasteiger partial charge in [0.1, 0.15) is 0 Å². The van der Waals surface area contributed by atoms with Crippen LogP contribution in [0.15, 0.2) is 23.8 Å². The highest BCUT2D eigenvalue weighted by Gasteiger charge is 2.43. The highest BCUT2D eigenvalue weighted by atomic mass is 16.3. The maximum absolute atomic E-state index is 10.5. The van der Waals surface area contributed by atoms with Gasteiger partial charge in [-0.15, -0.1) is 0 Å². The van der Waals surface area contributed by atoms with Crippen molar-refractivity contribution in [2.45, 2.75) is 110 Å². The van der Waals surface area contributed by atoms with Gasteiger partial charge >= 0.3 is 0 Å². The summed E-state index contributed by atoms with van der Waals surface area (Å²) in [4.78, 5) is 2.62. The van der Waals surface area contributed by atoms with Crippen LogP contribution in [0.1, 0.15) is 97.8 Å². The molecule has 0 aliphatic heterocycles. The molecule has 0 aromatic heterocycles. The molecule has 0 heterocycles. The van der Waals surface area contributed by atoms with Crippen molar-refractivity contribution in [3.05, 3.63) is 23.8 Å². The molecule has 0 unspecified atom stereocenters. The van der Waals surface area contributed by atoms with E-state index >= 15 is 0 Å². The molecule has 3 nitrogen and oxygen atoms in total. The minimum Gasteiger partial charge on any atom is -0.392 e. The molecule has 0 amide bonds. The largest absolute Gasteiger partial charge is 0.392 e. The lowest BCUT2D eigenvalue weighted by Crippen LogP contribution is -2.26. The summed E-state index contributed by atoms with van der Waals surface area (Å²) in [5.41, 5.74) is 1.62. The van der Waals surface area contributed by atoms with E-state index in [0.717, 1.165) is 25.7 Å². The van der Waals surface area contributed by atoms with E-state index in [1.165, 1.54) is 71.0 Å². The van der Waals surface area contributed by atoms with E-state index in [1.807, 2.05) is 6.08 Å².